The van der Waals surface area contributed by atoms with Gasteiger partial charge in [-0.15, -0.1) is 0 Å². The Morgan fingerprint density at radius 3 is 2.12 bits per heavy atom. The van der Waals surface area contributed by atoms with E-state index in [1.54, 1.807) is 0 Å². The fraction of sp³-hybridized carbons (Fsp3) is 0.833. The van der Waals surface area contributed by atoms with Crippen LogP contribution >= 0.6 is 0 Å². The van der Waals surface area contributed by atoms with Gasteiger partial charge in [0.2, 0.25) is 0 Å². The van der Waals surface area contributed by atoms with Crippen molar-refractivity contribution < 1.29 is 24.3 Å². The Morgan fingerprint density at radius 2 is 1.71 bits per heavy atom. The molecule has 17 heavy (non-hydrogen) atoms. The first-order valence-electron chi connectivity index (χ1n) is 5.86. The first kappa shape index (κ1) is 16.1. The number of hydrogen-bond donors (Lipinski definition) is 2. The number of rotatable bonds is 8. The number of likely N-dealkylation sites (N-methyl/N-ethyl adjacent to an activating group) is 1. The molecule has 100 valence electrons. The van der Waals surface area contributed by atoms with Crippen molar-refractivity contribution in [3.8, 4) is 0 Å². The Balaban J connectivity index is 4.18. The minimum atomic E-state index is -1.02. The number of Topliss-reactive ketones (excluding diaryl/α,β-unsaturated/α-hetero) is 1. The fourth-order valence-electron chi connectivity index (χ4n) is 1.90. The van der Waals surface area contributed by atoms with Gasteiger partial charge in [-0.3, -0.25) is 9.59 Å². The number of aliphatic hydroxyl groups is 1. The molecule has 5 nitrogen and oxygen atoms in total. The maximum absolute atomic E-state index is 11.7. The molecule has 0 spiro atoms. The first-order valence-corrected chi connectivity index (χ1v) is 5.86. The monoisotopic (exact) mass is 246 g/mol. The molecule has 0 aliphatic rings. The molecule has 0 bridgehead atoms. The van der Waals surface area contributed by atoms with Crippen LogP contribution in [0.4, 0.5) is 0 Å². The highest BCUT2D eigenvalue weighted by molar-refractivity contribution is 5.79. The summed E-state index contributed by atoms with van der Waals surface area (Å²) in [5.74, 6) is -0.551. The van der Waals surface area contributed by atoms with Gasteiger partial charge in [-0.2, -0.15) is 0 Å². The molecule has 0 aromatic heterocycles. The van der Waals surface area contributed by atoms with Crippen LogP contribution in [0.5, 0.6) is 0 Å². The Hall–Kier alpha value is -0.940. The Labute approximate surface area is 103 Å². The number of hydrogen-bond acceptors (Lipinski definition) is 3. The summed E-state index contributed by atoms with van der Waals surface area (Å²) >= 11 is 0. The van der Waals surface area contributed by atoms with Crippen LogP contribution in [0.3, 0.4) is 0 Å². The number of nitrogens with zero attached hydrogens (tertiary/aromatic N) is 1. The number of quaternary nitrogens is 1. The van der Waals surface area contributed by atoms with Crippen LogP contribution < -0.4 is 0 Å². The average Bonchev–Trinajstić information content (AvgIpc) is 1.95. The first-order chi connectivity index (χ1) is 7.62. The largest absolute Gasteiger partial charge is 0.481 e. The molecule has 0 aromatic carbocycles. The Bertz CT molecular complexity index is 274. The Morgan fingerprint density at radius 1 is 1.18 bits per heavy atom. The number of carbonyl (C=O) groups is 2. The van der Waals surface area contributed by atoms with E-state index >= 15 is 0 Å². The second-order valence-corrected chi connectivity index (χ2v) is 5.66. The highest BCUT2D eigenvalue weighted by Crippen LogP contribution is 2.07. The maximum Gasteiger partial charge on any atom is 0.306 e. The number of carboxylic acid groups (broad SMARTS) is 1. The van der Waals surface area contributed by atoms with Crippen molar-refractivity contribution in [2.24, 2.45) is 5.92 Å². The minimum Gasteiger partial charge on any atom is -0.481 e. The molecule has 2 N–H and O–H groups in total. The third-order valence-electron chi connectivity index (χ3n) is 2.36. The van der Waals surface area contributed by atoms with Crippen LogP contribution in [0.2, 0.25) is 0 Å². The van der Waals surface area contributed by atoms with E-state index in [4.69, 9.17) is 5.11 Å². The number of aliphatic hydroxyl groups excluding tert-OH is 1. The lowest BCUT2D eigenvalue weighted by molar-refractivity contribution is -0.885. The summed E-state index contributed by atoms with van der Waals surface area (Å²) in [4.78, 5) is 22.1. The summed E-state index contributed by atoms with van der Waals surface area (Å²) in [6.07, 6.45) is -0.661. The van der Waals surface area contributed by atoms with E-state index in [-0.39, 0.29) is 18.7 Å². The van der Waals surface area contributed by atoms with Gasteiger partial charge in [-0.25, -0.2) is 0 Å². The number of carbonyl (C=O) groups excluding carboxylic acids is 1. The van der Waals surface area contributed by atoms with Gasteiger partial charge in [0.25, 0.3) is 0 Å². The minimum absolute atomic E-state index is 0.146. The second-order valence-electron chi connectivity index (χ2n) is 5.66. The van der Waals surface area contributed by atoms with Crippen LogP contribution in [-0.2, 0) is 9.59 Å². The summed E-state index contributed by atoms with van der Waals surface area (Å²) in [7, 11) is 3.65. The molecule has 0 saturated carbocycles. The predicted octanol–water partition coefficient (Wildman–Crippen LogP) is 0.514. The number of carboxylic acids is 1. The molecule has 1 unspecified atom stereocenters. The lowest BCUT2D eigenvalue weighted by Gasteiger charge is -2.31. The molecule has 0 saturated heterocycles. The third kappa shape index (κ3) is 8.83. The zero-order valence-electron chi connectivity index (χ0n) is 11.1. The zero-order chi connectivity index (χ0) is 13.6. The van der Waals surface area contributed by atoms with Crippen molar-refractivity contribution in [1.82, 2.24) is 0 Å². The van der Waals surface area contributed by atoms with Gasteiger partial charge in [0.1, 0.15) is 19.2 Å². The third-order valence-corrected chi connectivity index (χ3v) is 2.36. The molecule has 0 radical (unpaired) electrons. The van der Waals surface area contributed by atoms with E-state index in [1.165, 1.54) is 0 Å². The van der Waals surface area contributed by atoms with Crippen LogP contribution in [0.1, 0.15) is 26.7 Å². The zero-order valence-corrected chi connectivity index (χ0v) is 11.1. The van der Waals surface area contributed by atoms with Gasteiger partial charge in [0, 0.05) is 6.42 Å². The van der Waals surface area contributed by atoms with Gasteiger partial charge in [0.05, 0.1) is 20.5 Å². The second kappa shape index (κ2) is 6.71. The van der Waals surface area contributed by atoms with E-state index in [0.29, 0.717) is 23.4 Å². The van der Waals surface area contributed by atoms with Crippen molar-refractivity contribution in [3.05, 3.63) is 0 Å². The lowest BCUT2D eigenvalue weighted by Crippen LogP contribution is -2.49. The summed E-state index contributed by atoms with van der Waals surface area (Å²) < 4.78 is 0.319. The predicted molar refractivity (Wildman–Crippen MR) is 64.6 cm³/mol. The van der Waals surface area contributed by atoms with E-state index < -0.39 is 12.1 Å². The molecular weight excluding hydrogens is 222 g/mol. The molecule has 5 heteroatoms. The number of ketones is 1. The quantitative estimate of drug-likeness (QED) is 0.612. The average molecular weight is 246 g/mol. The fourth-order valence-corrected chi connectivity index (χ4v) is 1.90. The van der Waals surface area contributed by atoms with Gasteiger partial charge >= 0.3 is 5.97 Å². The summed E-state index contributed by atoms with van der Waals surface area (Å²) in [5.41, 5.74) is 0. The van der Waals surface area contributed by atoms with Gasteiger partial charge in [-0.05, 0) is 5.92 Å². The summed E-state index contributed by atoms with van der Waals surface area (Å²) in [5, 5.41) is 18.1. The molecular formula is C12H24NO4+. The summed E-state index contributed by atoms with van der Waals surface area (Å²) in [6, 6.07) is 0. The van der Waals surface area contributed by atoms with Crippen LogP contribution in [0, 0.1) is 5.92 Å². The van der Waals surface area contributed by atoms with Crippen LogP contribution in [0.25, 0.3) is 0 Å². The molecule has 0 aliphatic heterocycles. The molecule has 0 aromatic rings. The van der Waals surface area contributed by atoms with Crippen molar-refractivity contribution in [2.75, 3.05) is 27.2 Å². The SMILES string of the molecule is CC(C)CC(=O)C[N+](C)(C)CC(O)CC(=O)O. The van der Waals surface area contributed by atoms with Crippen molar-refractivity contribution >= 4 is 11.8 Å². The van der Waals surface area contributed by atoms with Gasteiger partial charge < -0.3 is 14.7 Å². The molecule has 0 aliphatic carbocycles. The molecule has 1 atom stereocenters. The normalized spacial score (nSPS) is 13.8. The lowest BCUT2D eigenvalue weighted by atomic mass is 10.1. The van der Waals surface area contributed by atoms with Gasteiger partial charge in [0.15, 0.2) is 5.78 Å². The smallest absolute Gasteiger partial charge is 0.306 e. The maximum atomic E-state index is 11.7. The molecule has 0 fully saturated rings. The summed E-state index contributed by atoms with van der Waals surface area (Å²) in [6.45, 7) is 4.57. The topological polar surface area (TPSA) is 74.6 Å². The molecule has 0 rings (SSSR count). The molecule has 0 amide bonds. The highest BCUT2D eigenvalue weighted by Gasteiger charge is 2.25. The van der Waals surface area contributed by atoms with E-state index in [2.05, 4.69) is 0 Å². The van der Waals surface area contributed by atoms with E-state index in [1.807, 2.05) is 27.9 Å². The molecule has 0 heterocycles. The Kier molecular flexibility index (Phi) is 6.34. The number of aliphatic carboxylic acids is 1. The van der Waals surface area contributed by atoms with Crippen molar-refractivity contribution in [3.63, 3.8) is 0 Å². The van der Waals surface area contributed by atoms with E-state index in [0.717, 1.165) is 0 Å². The van der Waals surface area contributed by atoms with Gasteiger partial charge in [-0.1, -0.05) is 13.8 Å². The highest BCUT2D eigenvalue weighted by atomic mass is 16.4. The van der Waals surface area contributed by atoms with E-state index in [9.17, 15) is 14.7 Å². The standard InChI is InChI=1S/C12H23NO4/c1-9(2)5-10(14)7-13(3,4)8-11(15)6-12(16)17/h9,11,15H,5-8H2,1-4H3/p+1. The van der Waals surface area contributed by atoms with Crippen LogP contribution in [-0.4, -0.2) is 59.7 Å². The van der Waals surface area contributed by atoms with Crippen molar-refractivity contribution in [1.29, 1.82) is 0 Å². The van der Waals surface area contributed by atoms with Crippen molar-refractivity contribution in [2.45, 2.75) is 32.8 Å². The van der Waals surface area contributed by atoms with Crippen LogP contribution in [0.15, 0.2) is 0 Å².